The Morgan fingerprint density at radius 2 is 1.26 bits per heavy atom. The van der Waals surface area contributed by atoms with Gasteiger partial charge in [-0.1, -0.05) is 60.2 Å². The Balaban J connectivity index is 1.51. The molecule has 1 heterocycles. The van der Waals surface area contributed by atoms with Crippen LogP contribution in [-0.4, -0.2) is 23.5 Å². The van der Waals surface area contributed by atoms with Crippen molar-refractivity contribution in [1.29, 1.82) is 0 Å². The molecule has 2 amide bonds. The molecule has 4 aromatic carbocycles. The molecular formula is C35H32N2O4S. The third kappa shape index (κ3) is 5.83. The number of amides is 2. The minimum atomic E-state index is -0.494. The quantitative estimate of drug-likeness (QED) is 0.125. The van der Waals surface area contributed by atoms with Crippen LogP contribution >= 0.6 is 12.2 Å². The molecule has 7 heteroatoms. The second-order valence-corrected chi connectivity index (χ2v) is 10.5. The minimum absolute atomic E-state index is 0.0154. The monoisotopic (exact) mass is 576 g/mol. The van der Waals surface area contributed by atoms with Gasteiger partial charge in [-0.3, -0.25) is 19.4 Å². The third-order valence-corrected chi connectivity index (χ3v) is 7.43. The molecule has 0 bridgehead atoms. The molecule has 0 aromatic heterocycles. The smallest absolute Gasteiger partial charge is 0.270 e. The number of para-hydroxylation sites is 2. The maximum atomic E-state index is 13.8. The van der Waals surface area contributed by atoms with E-state index in [9.17, 15) is 9.59 Å². The van der Waals surface area contributed by atoms with Gasteiger partial charge in [0.05, 0.1) is 18.0 Å². The van der Waals surface area contributed by atoms with Crippen molar-refractivity contribution in [3.63, 3.8) is 0 Å². The average molecular weight is 577 g/mol. The van der Waals surface area contributed by atoms with Crippen LogP contribution in [0.25, 0.3) is 6.08 Å². The number of thiocarbonyl (C=S) groups is 1. The molecule has 212 valence electrons. The minimum Gasteiger partial charge on any atom is -0.490 e. The molecule has 0 spiro atoms. The highest BCUT2D eigenvalue weighted by Gasteiger charge is 2.41. The van der Waals surface area contributed by atoms with E-state index < -0.39 is 11.8 Å². The van der Waals surface area contributed by atoms with E-state index in [0.717, 1.165) is 5.56 Å². The number of hydrogen-bond donors (Lipinski definition) is 0. The Labute approximate surface area is 251 Å². The second-order valence-electron chi connectivity index (χ2n) is 10.1. The number of anilines is 2. The third-order valence-electron chi connectivity index (χ3n) is 7.07. The van der Waals surface area contributed by atoms with Crippen molar-refractivity contribution in [2.24, 2.45) is 0 Å². The molecule has 0 radical (unpaired) electrons. The predicted molar refractivity (Wildman–Crippen MR) is 171 cm³/mol. The molecule has 1 saturated heterocycles. The first-order chi connectivity index (χ1) is 20.3. The molecule has 6 nitrogen and oxygen atoms in total. The summed E-state index contributed by atoms with van der Waals surface area (Å²) < 4.78 is 12.1. The number of ether oxygens (including phenoxy) is 2. The van der Waals surface area contributed by atoms with Crippen molar-refractivity contribution in [3.8, 4) is 11.5 Å². The van der Waals surface area contributed by atoms with Crippen LogP contribution in [0.15, 0.2) is 96.6 Å². The van der Waals surface area contributed by atoms with Gasteiger partial charge in [-0.05, 0) is 105 Å². The van der Waals surface area contributed by atoms with Crippen LogP contribution in [0.5, 0.6) is 11.5 Å². The molecular weight excluding hydrogens is 544 g/mol. The summed E-state index contributed by atoms with van der Waals surface area (Å²) in [6.07, 6.45) is 1.58. The Bertz CT molecular complexity index is 1600. The van der Waals surface area contributed by atoms with E-state index in [1.54, 1.807) is 36.4 Å². The van der Waals surface area contributed by atoms with Gasteiger partial charge < -0.3 is 9.47 Å². The highest BCUT2D eigenvalue weighted by Crippen LogP contribution is 2.33. The van der Waals surface area contributed by atoms with Gasteiger partial charge in [0.15, 0.2) is 16.6 Å². The van der Waals surface area contributed by atoms with Crippen LogP contribution < -0.4 is 19.3 Å². The van der Waals surface area contributed by atoms with E-state index in [1.165, 1.54) is 26.5 Å². The molecule has 1 fully saturated rings. The normalized spacial score (nSPS) is 13.4. The zero-order valence-corrected chi connectivity index (χ0v) is 24.9. The largest absolute Gasteiger partial charge is 0.490 e. The lowest BCUT2D eigenvalue weighted by Gasteiger charge is -2.36. The number of carbonyl (C=O) groups excluding carboxylic acids is 2. The molecule has 0 aliphatic carbocycles. The number of benzene rings is 4. The SMILES string of the molecule is CCOc1cc(C=C2C(=O)N(c3ccccc3)C(=S)N(c3ccccc3)C2=O)ccc1OCc1c(C)cc(C)cc1C. The summed E-state index contributed by atoms with van der Waals surface area (Å²) >= 11 is 5.70. The van der Waals surface area contributed by atoms with Gasteiger partial charge in [-0.25, -0.2) is 0 Å². The summed E-state index contributed by atoms with van der Waals surface area (Å²) in [6.45, 7) is 8.96. The average Bonchev–Trinajstić information content (AvgIpc) is 2.97. The van der Waals surface area contributed by atoms with E-state index in [-0.39, 0.29) is 10.7 Å². The number of rotatable bonds is 8. The number of aryl methyl sites for hydroxylation is 3. The fourth-order valence-corrected chi connectivity index (χ4v) is 5.47. The predicted octanol–water partition coefficient (Wildman–Crippen LogP) is 7.34. The lowest BCUT2D eigenvalue weighted by Crippen LogP contribution is -2.56. The fourth-order valence-electron chi connectivity index (χ4n) is 5.10. The van der Waals surface area contributed by atoms with Crippen molar-refractivity contribution in [2.45, 2.75) is 34.3 Å². The van der Waals surface area contributed by atoms with Gasteiger partial charge in [-0.15, -0.1) is 0 Å². The van der Waals surface area contributed by atoms with Crippen LogP contribution in [0.3, 0.4) is 0 Å². The highest BCUT2D eigenvalue weighted by molar-refractivity contribution is 7.81. The molecule has 0 atom stereocenters. The molecule has 0 saturated carbocycles. The first-order valence-corrected chi connectivity index (χ1v) is 14.2. The van der Waals surface area contributed by atoms with Crippen molar-refractivity contribution < 1.29 is 19.1 Å². The van der Waals surface area contributed by atoms with Gasteiger partial charge >= 0.3 is 0 Å². The van der Waals surface area contributed by atoms with E-state index in [2.05, 4.69) is 32.9 Å². The molecule has 5 rings (SSSR count). The summed E-state index contributed by atoms with van der Waals surface area (Å²) in [7, 11) is 0. The van der Waals surface area contributed by atoms with E-state index in [0.29, 0.717) is 41.7 Å². The van der Waals surface area contributed by atoms with Crippen molar-refractivity contribution in [3.05, 3.63) is 124 Å². The van der Waals surface area contributed by atoms with E-state index in [1.807, 2.05) is 55.5 Å². The molecule has 42 heavy (non-hydrogen) atoms. The number of hydrogen-bond acceptors (Lipinski definition) is 5. The van der Waals surface area contributed by atoms with Gasteiger partial charge in [0.25, 0.3) is 11.8 Å². The van der Waals surface area contributed by atoms with Crippen molar-refractivity contribution in [2.75, 3.05) is 16.4 Å². The van der Waals surface area contributed by atoms with Crippen LogP contribution in [0, 0.1) is 20.8 Å². The van der Waals surface area contributed by atoms with Crippen LogP contribution in [0.2, 0.25) is 0 Å². The van der Waals surface area contributed by atoms with Crippen molar-refractivity contribution >= 4 is 46.6 Å². The van der Waals surface area contributed by atoms with Gasteiger partial charge in [0.1, 0.15) is 12.2 Å². The van der Waals surface area contributed by atoms with Crippen molar-refractivity contribution in [1.82, 2.24) is 0 Å². The topological polar surface area (TPSA) is 59.1 Å². The Morgan fingerprint density at radius 3 is 1.79 bits per heavy atom. The standard InChI is InChI=1S/C35H32N2O4S/c1-5-40-32-21-26(16-17-31(32)41-22-30-24(3)18-23(2)19-25(30)4)20-29-33(38)36(27-12-8-6-9-13-27)35(42)37(34(29)39)28-14-10-7-11-15-28/h6-21H,5,22H2,1-4H3. The highest BCUT2D eigenvalue weighted by atomic mass is 32.1. The fraction of sp³-hybridized carbons (Fsp3) is 0.171. The Morgan fingerprint density at radius 1 is 0.714 bits per heavy atom. The number of nitrogens with zero attached hydrogens (tertiary/aromatic N) is 2. The first-order valence-electron chi connectivity index (χ1n) is 13.8. The lowest BCUT2D eigenvalue weighted by atomic mass is 10.0. The second kappa shape index (κ2) is 12.4. The van der Waals surface area contributed by atoms with Crippen LogP contribution in [-0.2, 0) is 16.2 Å². The zero-order valence-electron chi connectivity index (χ0n) is 24.1. The molecule has 4 aromatic rings. The van der Waals surface area contributed by atoms with E-state index >= 15 is 0 Å². The molecule has 1 aliphatic rings. The van der Waals surface area contributed by atoms with Crippen LogP contribution in [0.4, 0.5) is 11.4 Å². The van der Waals surface area contributed by atoms with Gasteiger partial charge in [0, 0.05) is 0 Å². The Hall–Kier alpha value is -4.75. The van der Waals surface area contributed by atoms with Crippen LogP contribution in [0.1, 0.15) is 34.7 Å². The summed E-state index contributed by atoms with van der Waals surface area (Å²) in [6, 6.07) is 27.9. The molecule has 1 aliphatic heterocycles. The molecule has 0 unspecified atom stereocenters. The maximum absolute atomic E-state index is 13.8. The lowest BCUT2D eigenvalue weighted by molar-refractivity contribution is -0.120. The maximum Gasteiger partial charge on any atom is 0.270 e. The summed E-state index contributed by atoms with van der Waals surface area (Å²) in [4.78, 5) is 30.4. The first kappa shape index (κ1) is 28.8. The number of carbonyl (C=O) groups is 2. The van der Waals surface area contributed by atoms with Gasteiger partial charge in [-0.2, -0.15) is 0 Å². The zero-order chi connectivity index (χ0) is 29.8. The summed E-state index contributed by atoms with van der Waals surface area (Å²) in [5.74, 6) is 0.122. The Kier molecular flexibility index (Phi) is 8.50. The molecule has 0 N–H and O–H groups in total. The van der Waals surface area contributed by atoms with Gasteiger partial charge in [0.2, 0.25) is 0 Å². The summed E-state index contributed by atoms with van der Waals surface area (Å²) in [5, 5.41) is 0.0972. The van der Waals surface area contributed by atoms with E-state index in [4.69, 9.17) is 21.7 Å². The summed E-state index contributed by atoms with van der Waals surface area (Å²) in [5.41, 5.74) is 6.45.